The van der Waals surface area contributed by atoms with Crippen molar-refractivity contribution < 1.29 is 18.7 Å². The fraction of sp³-hybridized carbons (Fsp3) is 0.650. The predicted octanol–water partition coefficient (Wildman–Crippen LogP) is 2.95. The molecule has 2 atom stereocenters. The number of hydrogen-bond donors (Lipinski definition) is 1. The van der Waals surface area contributed by atoms with E-state index in [4.69, 9.17) is 13.9 Å². The molecule has 150 valence electrons. The quantitative estimate of drug-likeness (QED) is 0.723. The lowest BCUT2D eigenvalue weighted by atomic mass is 10.0. The third-order valence-corrected chi connectivity index (χ3v) is 5.74. The third-order valence-electron chi connectivity index (χ3n) is 4.78. The lowest BCUT2D eigenvalue weighted by molar-refractivity contribution is -0.120. The summed E-state index contributed by atoms with van der Waals surface area (Å²) >= 11 is 0. The number of amides is 1. The summed E-state index contributed by atoms with van der Waals surface area (Å²) in [5.41, 5.74) is 1.03. The minimum absolute atomic E-state index is 0.0269. The van der Waals surface area contributed by atoms with Gasteiger partial charge in [-0.2, -0.15) is 0 Å². The number of ether oxygens (including phenoxy) is 2. The number of nitrogens with zero attached hydrogens (tertiary/aromatic N) is 1. The van der Waals surface area contributed by atoms with Gasteiger partial charge in [0, 0.05) is 13.5 Å². The Labute approximate surface area is 163 Å². The molecule has 2 aliphatic rings. The van der Waals surface area contributed by atoms with E-state index >= 15 is 0 Å². The summed E-state index contributed by atoms with van der Waals surface area (Å²) < 4.78 is 18.0. The highest BCUT2D eigenvalue weighted by atomic mass is 28.4. The fourth-order valence-electron chi connectivity index (χ4n) is 3.72. The van der Waals surface area contributed by atoms with Gasteiger partial charge in [-0.1, -0.05) is 6.07 Å². The molecular formula is C20H32N2O4Si. The summed E-state index contributed by atoms with van der Waals surface area (Å²) in [6, 6.07) is 5.90. The van der Waals surface area contributed by atoms with Crippen LogP contribution in [0.2, 0.25) is 19.6 Å². The molecule has 1 aromatic rings. The number of benzene rings is 1. The van der Waals surface area contributed by atoms with Gasteiger partial charge < -0.3 is 24.1 Å². The Balaban J connectivity index is 1.90. The predicted molar refractivity (Wildman–Crippen MR) is 108 cm³/mol. The van der Waals surface area contributed by atoms with E-state index < -0.39 is 8.32 Å². The maximum absolute atomic E-state index is 11.9. The third kappa shape index (κ3) is 5.70. The molecule has 3 rings (SSSR count). The van der Waals surface area contributed by atoms with Crippen molar-refractivity contribution in [3.63, 3.8) is 0 Å². The average Bonchev–Trinajstić information content (AvgIpc) is 3.11. The number of likely N-dealkylation sites (tertiary alicyclic amines) is 1. The zero-order chi connectivity index (χ0) is 19.4. The lowest BCUT2D eigenvalue weighted by Crippen LogP contribution is -2.48. The van der Waals surface area contributed by atoms with E-state index in [1.807, 2.05) is 18.2 Å². The standard InChI is InChI=1S/C20H32N2O4Si/c1-15(23)21-17(14-22-9-5-6-10-22)20(26-27(2,3)4)16-7-8-18-19(13-16)25-12-11-24-18/h7-8,13,17,20H,5-6,9-12,14H2,1-4H3,(H,21,23)/t17-,20-/m1/s1. The summed E-state index contributed by atoms with van der Waals surface area (Å²) in [5, 5.41) is 3.15. The van der Waals surface area contributed by atoms with Gasteiger partial charge in [-0.25, -0.2) is 0 Å². The Bertz CT molecular complexity index is 656. The molecule has 0 aromatic heterocycles. The molecule has 0 spiro atoms. The highest BCUT2D eigenvalue weighted by molar-refractivity contribution is 6.69. The number of carbonyl (C=O) groups excluding carboxylic acids is 1. The first-order chi connectivity index (χ1) is 12.8. The molecule has 6 nitrogen and oxygen atoms in total. The van der Waals surface area contributed by atoms with E-state index in [-0.39, 0.29) is 18.1 Å². The highest BCUT2D eigenvalue weighted by Gasteiger charge is 2.32. The van der Waals surface area contributed by atoms with Crippen LogP contribution < -0.4 is 14.8 Å². The van der Waals surface area contributed by atoms with Gasteiger partial charge in [0.1, 0.15) is 13.2 Å². The fourth-order valence-corrected chi connectivity index (χ4v) is 4.78. The number of hydrogen-bond acceptors (Lipinski definition) is 5. The smallest absolute Gasteiger partial charge is 0.217 e. The van der Waals surface area contributed by atoms with Gasteiger partial charge in [0.05, 0.1) is 12.1 Å². The van der Waals surface area contributed by atoms with Crippen LogP contribution in [0.1, 0.15) is 31.4 Å². The number of carbonyl (C=O) groups is 1. The molecule has 1 saturated heterocycles. The van der Waals surface area contributed by atoms with E-state index in [0.29, 0.717) is 13.2 Å². The zero-order valence-corrected chi connectivity index (χ0v) is 17.9. The minimum Gasteiger partial charge on any atom is -0.486 e. The maximum Gasteiger partial charge on any atom is 0.217 e. The van der Waals surface area contributed by atoms with Crippen molar-refractivity contribution in [2.75, 3.05) is 32.8 Å². The number of fused-ring (bicyclic) bond motifs is 1. The first kappa shape index (κ1) is 20.2. The SMILES string of the molecule is CC(=O)N[C@H](CN1CCCC1)[C@H](O[Si](C)(C)C)c1ccc2c(c1)OCCO2. The van der Waals surface area contributed by atoms with Crippen LogP contribution in [0.15, 0.2) is 18.2 Å². The first-order valence-corrected chi connectivity index (χ1v) is 13.3. The molecule has 0 unspecified atom stereocenters. The molecule has 0 aliphatic carbocycles. The molecule has 0 bridgehead atoms. The van der Waals surface area contributed by atoms with E-state index in [9.17, 15) is 4.79 Å². The first-order valence-electron chi connectivity index (χ1n) is 9.89. The number of rotatable bonds is 7. The Kier molecular flexibility index (Phi) is 6.44. The largest absolute Gasteiger partial charge is 0.486 e. The van der Waals surface area contributed by atoms with Crippen LogP contribution >= 0.6 is 0 Å². The van der Waals surface area contributed by atoms with Crippen LogP contribution in [-0.2, 0) is 9.22 Å². The molecular weight excluding hydrogens is 360 g/mol. The Hall–Kier alpha value is -1.57. The molecule has 2 heterocycles. The second-order valence-corrected chi connectivity index (χ2v) is 12.8. The second-order valence-electron chi connectivity index (χ2n) is 8.37. The molecule has 2 aliphatic heterocycles. The lowest BCUT2D eigenvalue weighted by Gasteiger charge is -2.35. The van der Waals surface area contributed by atoms with E-state index in [0.717, 1.165) is 36.7 Å². The summed E-state index contributed by atoms with van der Waals surface area (Å²) in [4.78, 5) is 14.4. The number of nitrogens with one attached hydrogen (secondary N) is 1. The van der Waals surface area contributed by atoms with E-state index in [2.05, 4.69) is 29.9 Å². The molecule has 7 heteroatoms. The minimum atomic E-state index is -1.85. The molecule has 0 radical (unpaired) electrons. The summed E-state index contributed by atoms with van der Waals surface area (Å²) in [7, 11) is -1.85. The van der Waals surface area contributed by atoms with E-state index in [1.54, 1.807) is 6.92 Å². The Morgan fingerprint density at radius 2 is 1.85 bits per heavy atom. The Morgan fingerprint density at radius 3 is 2.48 bits per heavy atom. The zero-order valence-electron chi connectivity index (χ0n) is 16.9. The van der Waals surface area contributed by atoms with Crippen LogP contribution in [0.4, 0.5) is 0 Å². The van der Waals surface area contributed by atoms with Crippen molar-refractivity contribution >= 4 is 14.2 Å². The van der Waals surface area contributed by atoms with Crippen molar-refractivity contribution in [2.24, 2.45) is 0 Å². The highest BCUT2D eigenvalue weighted by Crippen LogP contribution is 2.36. The van der Waals surface area contributed by atoms with Crippen LogP contribution in [0.25, 0.3) is 0 Å². The molecule has 1 amide bonds. The van der Waals surface area contributed by atoms with Crippen molar-refractivity contribution in [3.8, 4) is 11.5 Å². The van der Waals surface area contributed by atoms with Crippen molar-refractivity contribution in [1.29, 1.82) is 0 Å². The van der Waals surface area contributed by atoms with Crippen LogP contribution in [-0.4, -0.2) is 58.0 Å². The van der Waals surface area contributed by atoms with Crippen molar-refractivity contribution in [1.82, 2.24) is 10.2 Å². The topological polar surface area (TPSA) is 60.0 Å². The summed E-state index contributed by atoms with van der Waals surface area (Å²) in [5.74, 6) is 1.50. The van der Waals surface area contributed by atoms with Crippen LogP contribution in [0.3, 0.4) is 0 Å². The summed E-state index contributed by atoms with van der Waals surface area (Å²) in [6.45, 7) is 12.2. The van der Waals surface area contributed by atoms with Gasteiger partial charge in [-0.05, 0) is 63.3 Å². The molecule has 1 fully saturated rings. The van der Waals surface area contributed by atoms with Crippen molar-refractivity contribution in [2.45, 2.75) is 51.6 Å². The van der Waals surface area contributed by atoms with Gasteiger partial charge >= 0.3 is 0 Å². The average molecular weight is 393 g/mol. The second kappa shape index (κ2) is 8.62. The Morgan fingerprint density at radius 1 is 1.19 bits per heavy atom. The summed E-state index contributed by atoms with van der Waals surface area (Å²) in [6.07, 6.45) is 2.23. The molecule has 0 saturated carbocycles. The maximum atomic E-state index is 11.9. The normalized spacial score (nSPS) is 19.6. The van der Waals surface area contributed by atoms with Gasteiger partial charge in [-0.15, -0.1) is 0 Å². The van der Waals surface area contributed by atoms with Gasteiger partial charge in [0.2, 0.25) is 5.91 Å². The van der Waals surface area contributed by atoms with Gasteiger partial charge in [-0.3, -0.25) is 4.79 Å². The monoisotopic (exact) mass is 392 g/mol. The molecule has 27 heavy (non-hydrogen) atoms. The van der Waals surface area contributed by atoms with Gasteiger partial charge in [0.25, 0.3) is 0 Å². The molecule has 1 N–H and O–H groups in total. The van der Waals surface area contributed by atoms with Crippen molar-refractivity contribution in [3.05, 3.63) is 23.8 Å². The van der Waals surface area contributed by atoms with Gasteiger partial charge in [0.15, 0.2) is 19.8 Å². The van der Waals surface area contributed by atoms with E-state index in [1.165, 1.54) is 12.8 Å². The van der Waals surface area contributed by atoms with Crippen LogP contribution in [0, 0.1) is 0 Å². The van der Waals surface area contributed by atoms with Crippen LogP contribution in [0.5, 0.6) is 11.5 Å². The molecule has 1 aromatic carbocycles.